The van der Waals surface area contributed by atoms with Crippen molar-refractivity contribution in [3.05, 3.63) is 52.8 Å². The number of halogens is 2. The number of imide groups is 1. The van der Waals surface area contributed by atoms with E-state index in [0.717, 1.165) is 23.7 Å². The zero-order chi connectivity index (χ0) is 19.8. The number of aromatic nitrogens is 1. The number of anilines is 1. The fraction of sp³-hybridized carbons (Fsp3) is 0.0625. The van der Waals surface area contributed by atoms with E-state index in [0.29, 0.717) is 10.2 Å². The number of fused-ring (bicyclic) bond motifs is 1. The first-order valence-corrected chi connectivity index (χ1v) is 10.4. The molecular weight excluding hydrogens is 417 g/mol. The molecule has 2 aromatic carbocycles. The van der Waals surface area contributed by atoms with Crippen molar-refractivity contribution in [2.75, 3.05) is 11.6 Å². The van der Waals surface area contributed by atoms with Crippen molar-refractivity contribution < 1.29 is 22.4 Å². The minimum atomic E-state index is -3.37. The molecular formula is C16H11ClFN3O4S2. The zero-order valence-electron chi connectivity index (χ0n) is 13.6. The van der Waals surface area contributed by atoms with Crippen molar-refractivity contribution in [2.24, 2.45) is 0 Å². The van der Waals surface area contributed by atoms with Gasteiger partial charge in [0.2, 0.25) is 0 Å². The van der Waals surface area contributed by atoms with Crippen molar-refractivity contribution in [1.82, 2.24) is 10.3 Å². The third kappa shape index (κ3) is 4.24. The molecule has 0 unspecified atom stereocenters. The van der Waals surface area contributed by atoms with Gasteiger partial charge >= 0.3 is 6.03 Å². The van der Waals surface area contributed by atoms with Crippen LogP contribution in [0.1, 0.15) is 10.4 Å². The van der Waals surface area contributed by atoms with Crippen molar-refractivity contribution in [2.45, 2.75) is 4.90 Å². The molecule has 11 heteroatoms. The van der Waals surface area contributed by atoms with Crippen LogP contribution in [0.2, 0.25) is 5.02 Å². The zero-order valence-corrected chi connectivity index (χ0v) is 16.0. The number of benzene rings is 2. The number of thiazole rings is 1. The number of sulfone groups is 1. The lowest BCUT2D eigenvalue weighted by molar-refractivity contribution is 0.0967. The Kier molecular flexibility index (Phi) is 5.13. The quantitative estimate of drug-likeness (QED) is 0.666. The monoisotopic (exact) mass is 427 g/mol. The Morgan fingerprint density at radius 1 is 1.22 bits per heavy atom. The molecule has 3 aromatic rings. The third-order valence-corrected chi connectivity index (χ3v) is 5.86. The highest BCUT2D eigenvalue weighted by Crippen LogP contribution is 2.28. The number of amides is 3. The van der Waals surface area contributed by atoms with Gasteiger partial charge in [-0.15, -0.1) is 0 Å². The van der Waals surface area contributed by atoms with Gasteiger partial charge in [0.05, 0.1) is 25.7 Å². The average Bonchev–Trinajstić information content (AvgIpc) is 2.97. The minimum absolute atomic E-state index is 0.130. The maximum Gasteiger partial charge on any atom is 0.327 e. The Morgan fingerprint density at radius 3 is 2.67 bits per heavy atom. The van der Waals surface area contributed by atoms with Crippen LogP contribution in [0.3, 0.4) is 0 Å². The Bertz CT molecular complexity index is 1180. The van der Waals surface area contributed by atoms with E-state index >= 15 is 0 Å². The summed E-state index contributed by atoms with van der Waals surface area (Å²) in [6.07, 6.45) is 1.09. The van der Waals surface area contributed by atoms with Gasteiger partial charge in [-0.1, -0.05) is 29.0 Å². The lowest BCUT2D eigenvalue weighted by Crippen LogP contribution is -2.34. The summed E-state index contributed by atoms with van der Waals surface area (Å²) in [7, 11) is -3.37. The lowest BCUT2D eigenvalue weighted by atomic mass is 10.2. The molecule has 0 saturated heterocycles. The maximum atomic E-state index is 13.4. The van der Waals surface area contributed by atoms with Crippen LogP contribution in [-0.4, -0.2) is 31.6 Å². The van der Waals surface area contributed by atoms with E-state index in [2.05, 4.69) is 10.3 Å². The highest BCUT2D eigenvalue weighted by atomic mass is 35.5. The lowest BCUT2D eigenvalue weighted by Gasteiger charge is -2.06. The summed E-state index contributed by atoms with van der Waals surface area (Å²) in [5.74, 6) is -1.66. The van der Waals surface area contributed by atoms with Gasteiger partial charge in [-0.25, -0.2) is 22.6 Å². The van der Waals surface area contributed by atoms with Crippen LogP contribution in [-0.2, 0) is 9.84 Å². The van der Waals surface area contributed by atoms with E-state index in [1.807, 2.05) is 5.32 Å². The van der Waals surface area contributed by atoms with E-state index in [9.17, 15) is 22.4 Å². The average molecular weight is 428 g/mol. The smallest absolute Gasteiger partial charge is 0.283 e. The normalized spacial score (nSPS) is 11.4. The number of hydrogen-bond donors (Lipinski definition) is 2. The molecule has 3 amide bonds. The number of carbonyl (C=O) groups is 2. The second-order valence-electron chi connectivity index (χ2n) is 5.43. The highest BCUT2D eigenvalue weighted by Gasteiger charge is 2.17. The molecule has 0 spiro atoms. The molecule has 3 rings (SSSR count). The van der Waals surface area contributed by atoms with Gasteiger partial charge in [0.15, 0.2) is 15.0 Å². The number of carbonyl (C=O) groups excluding carboxylic acids is 2. The van der Waals surface area contributed by atoms with Crippen LogP contribution < -0.4 is 10.6 Å². The Labute approximate surface area is 162 Å². The molecule has 1 heterocycles. The topological polar surface area (TPSA) is 105 Å². The molecule has 0 aliphatic rings. The molecule has 0 fully saturated rings. The van der Waals surface area contributed by atoms with Crippen LogP contribution in [0.25, 0.3) is 10.2 Å². The molecule has 0 bridgehead atoms. The molecule has 0 atom stereocenters. The van der Waals surface area contributed by atoms with Crippen molar-refractivity contribution in [1.29, 1.82) is 0 Å². The van der Waals surface area contributed by atoms with Gasteiger partial charge in [0, 0.05) is 6.26 Å². The van der Waals surface area contributed by atoms with Gasteiger partial charge in [-0.2, -0.15) is 0 Å². The van der Waals surface area contributed by atoms with Crippen LogP contribution in [0.4, 0.5) is 14.3 Å². The molecule has 1 aromatic heterocycles. The summed E-state index contributed by atoms with van der Waals surface area (Å²) in [4.78, 5) is 28.3. The van der Waals surface area contributed by atoms with Crippen LogP contribution in [0, 0.1) is 5.82 Å². The summed E-state index contributed by atoms with van der Waals surface area (Å²) >= 11 is 6.75. The summed E-state index contributed by atoms with van der Waals surface area (Å²) in [5.41, 5.74) is 0.302. The molecule has 0 radical (unpaired) electrons. The molecule has 0 saturated carbocycles. The third-order valence-electron chi connectivity index (χ3n) is 3.43. The Balaban J connectivity index is 1.76. The van der Waals surface area contributed by atoms with Crippen LogP contribution >= 0.6 is 22.9 Å². The number of nitrogens with one attached hydrogen (secondary N) is 2. The van der Waals surface area contributed by atoms with Gasteiger partial charge in [0.1, 0.15) is 5.82 Å². The number of rotatable bonds is 3. The van der Waals surface area contributed by atoms with Gasteiger partial charge in [-0.05, 0) is 30.3 Å². The number of nitrogens with zero attached hydrogens (tertiary/aromatic N) is 1. The predicted molar refractivity (Wildman–Crippen MR) is 101 cm³/mol. The first kappa shape index (κ1) is 19.2. The summed E-state index contributed by atoms with van der Waals surface area (Å²) in [6.45, 7) is 0. The first-order chi connectivity index (χ1) is 12.6. The molecule has 0 aliphatic heterocycles. The summed E-state index contributed by atoms with van der Waals surface area (Å²) < 4.78 is 37.1. The second kappa shape index (κ2) is 7.22. The standard InChI is InChI=1S/C16H11ClFN3O4S2/c1-27(24,25)8-5-6-11-12(7-8)26-16(19-11)21-15(23)20-14(22)9-3-2-4-10(18)13(9)17/h2-7H,1H3,(H2,19,20,21,22,23). The van der Waals surface area contributed by atoms with Crippen LogP contribution in [0.5, 0.6) is 0 Å². The largest absolute Gasteiger partial charge is 0.327 e. The second-order valence-corrected chi connectivity index (χ2v) is 8.85. The van der Waals surface area contributed by atoms with Gasteiger partial charge in [0.25, 0.3) is 5.91 Å². The first-order valence-electron chi connectivity index (χ1n) is 7.32. The van der Waals surface area contributed by atoms with E-state index in [4.69, 9.17) is 11.6 Å². The van der Waals surface area contributed by atoms with Crippen LogP contribution in [0.15, 0.2) is 41.3 Å². The minimum Gasteiger partial charge on any atom is -0.283 e. The predicted octanol–water partition coefficient (Wildman–Crippen LogP) is 3.45. The fourth-order valence-electron chi connectivity index (χ4n) is 2.17. The highest BCUT2D eigenvalue weighted by molar-refractivity contribution is 7.90. The number of hydrogen-bond acceptors (Lipinski definition) is 6. The molecule has 0 aliphatic carbocycles. The van der Waals surface area contributed by atoms with Gasteiger partial charge in [-0.3, -0.25) is 15.4 Å². The van der Waals surface area contributed by atoms with E-state index in [1.165, 1.54) is 30.3 Å². The molecule has 2 N–H and O–H groups in total. The summed E-state index contributed by atoms with van der Waals surface area (Å²) in [5, 5.41) is 4.16. The van der Waals surface area contributed by atoms with Crippen molar-refractivity contribution in [3.8, 4) is 0 Å². The van der Waals surface area contributed by atoms with E-state index < -0.39 is 32.6 Å². The van der Waals surface area contributed by atoms with E-state index in [1.54, 1.807) is 0 Å². The molecule has 7 nitrogen and oxygen atoms in total. The molecule has 140 valence electrons. The maximum absolute atomic E-state index is 13.4. The van der Waals surface area contributed by atoms with E-state index in [-0.39, 0.29) is 15.6 Å². The Morgan fingerprint density at radius 2 is 1.96 bits per heavy atom. The van der Waals surface area contributed by atoms with Crippen molar-refractivity contribution in [3.63, 3.8) is 0 Å². The molecule has 27 heavy (non-hydrogen) atoms. The van der Waals surface area contributed by atoms with Gasteiger partial charge < -0.3 is 0 Å². The summed E-state index contributed by atoms with van der Waals surface area (Å²) in [6, 6.07) is 7.15. The van der Waals surface area contributed by atoms with Crippen molar-refractivity contribution >= 4 is 60.1 Å². The fourth-order valence-corrected chi connectivity index (χ4v) is 4.00. The Hall–Kier alpha value is -2.56. The number of urea groups is 1. The SMILES string of the molecule is CS(=O)(=O)c1ccc2nc(NC(=O)NC(=O)c3cccc(F)c3Cl)sc2c1.